The second-order valence-corrected chi connectivity index (χ2v) is 11.5. The van der Waals surface area contributed by atoms with E-state index in [0.29, 0.717) is 20.7 Å². The van der Waals surface area contributed by atoms with Gasteiger partial charge in [0, 0.05) is 23.1 Å². The molecule has 0 fully saturated rings. The third-order valence-electron chi connectivity index (χ3n) is 5.64. The van der Waals surface area contributed by atoms with E-state index in [4.69, 9.17) is 11.6 Å². The number of carbonyl (C=O) groups is 2. The molecule has 3 rings (SSSR count). The lowest BCUT2D eigenvalue weighted by Gasteiger charge is -2.31. The molecule has 0 heterocycles. The number of benzene rings is 3. The maximum absolute atomic E-state index is 13.7. The zero-order valence-electron chi connectivity index (χ0n) is 20.1. The largest absolute Gasteiger partial charge is 0.357 e. The number of sulfonamides is 1. The second kappa shape index (κ2) is 11.9. The quantitative estimate of drug-likeness (QED) is 0.388. The molecule has 36 heavy (non-hydrogen) atoms. The summed E-state index contributed by atoms with van der Waals surface area (Å²) in [7, 11) is -2.62. The molecular weight excluding hydrogens is 566 g/mol. The lowest BCUT2D eigenvalue weighted by molar-refractivity contribution is -0.139. The number of hydrogen-bond donors (Lipinski definition) is 1. The molecule has 0 saturated heterocycles. The first-order valence-electron chi connectivity index (χ1n) is 11.1. The van der Waals surface area contributed by atoms with Crippen molar-refractivity contribution in [2.24, 2.45) is 0 Å². The van der Waals surface area contributed by atoms with E-state index in [9.17, 15) is 18.0 Å². The monoisotopic (exact) mass is 591 g/mol. The van der Waals surface area contributed by atoms with Crippen LogP contribution in [-0.2, 0) is 26.2 Å². The number of likely N-dealkylation sites (N-methyl/N-ethyl adjacent to an activating group) is 1. The van der Waals surface area contributed by atoms with Crippen LogP contribution in [0.15, 0.2) is 82.2 Å². The Morgan fingerprint density at radius 1 is 1.03 bits per heavy atom. The van der Waals surface area contributed by atoms with E-state index < -0.39 is 28.5 Å². The third kappa shape index (κ3) is 6.66. The molecule has 0 spiro atoms. The van der Waals surface area contributed by atoms with Gasteiger partial charge < -0.3 is 10.2 Å². The van der Waals surface area contributed by atoms with Crippen LogP contribution in [0.25, 0.3) is 0 Å². The van der Waals surface area contributed by atoms with Gasteiger partial charge in [0.05, 0.1) is 10.6 Å². The molecule has 0 aliphatic carbocycles. The number of nitrogens with zero attached hydrogens (tertiary/aromatic N) is 2. The third-order valence-corrected chi connectivity index (χ3v) is 8.16. The second-order valence-electron chi connectivity index (χ2n) is 8.25. The van der Waals surface area contributed by atoms with Crippen LogP contribution in [0.3, 0.4) is 0 Å². The minimum atomic E-state index is -4.10. The van der Waals surface area contributed by atoms with Crippen LogP contribution in [0, 0.1) is 6.92 Å². The smallest absolute Gasteiger partial charge is 0.264 e. The molecule has 0 saturated carbocycles. The Morgan fingerprint density at radius 2 is 1.69 bits per heavy atom. The molecule has 190 valence electrons. The summed E-state index contributed by atoms with van der Waals surface area (Å²) in [6.07, 6.45) is 0. The van der Waals surface area contributed by atoms with Gasteiger partial charge in [-0.2, -0.15) is 0 Å². The molecular formula is C26H27BrClN3O4S. The molecule has 0 aliphatic rings. The molecule has 3 aromatic rings. The van der Waals surface area contributed by atoms with Crippen molar-refractivity contribution in [3.63, 3.8) is 0 Å². The van der Waals surface area contributed by atoms with Gasteiger partial charge in [-0.15, -0.1) is 0 Å². The highest BCUT2D eigenvalue weighted by Crippen LogP contribution is 2.27. The minimum absolute atomic E-state index is 0.0571. The van der Waals surface area contributed by atoms with Gasteiger partial charge in [0.1, 0.15) is 12.6 Å². The zero-order valence-corrected chi connectivity index (χ0v) is 23.3. The summed E-state index contributed by atoms with van der Waals surface area (Å²) < 4.78 is 29.2. The van der Waals surface area contributed by atoms with E-state index in [0.717, 1.165) is 9.87 Å². The Labute approximate surface area is 225 Å². The first kappa shape index (κ1) is 27.7. The van der Waals surface area contributed by atoms with Crippen LogP contribution in [0.4, 0.5) is 5.69 Å². The van der Waals surface area contributed by atoms with Gasteiger partial charge >= 0.3 is 0 Å². The number of hydrogen-bond acceptors (Lipinski definition) is 4. The maximum Gasteiger partial charge on any atom is 0.264 e. The maximum atomic E-state index is 13.7. The van der Waals surface area contributed by atoms with Crippen LogP contribution in [0.5, 0.6) is 0 Å². The van der Waals surface area contributed by atoms with Gasteiger partial charge in [-0.1, -0.05) is 63.4 Å². The van der Waals surface area contributed by atoms with Crippen LogP contribution in [0.2, 0.25) is 5.02 Å². The number of anilines is 1. The fourth-order valence-electron chi connectivity index (χ4n) is 3.62. The fourth-order valence-corrected chi connectivity index (χ4v) is 5.63. The van der Waals surface area contributed by atoms with Crippen LogP contribution >= 0.6 is 27.5 Å². The van der Waals surface area contributed by atoms with Gasteiger partial charge in [0.15, 0.2) is 0 Å². The average molecular weight is 593 g/mol. The number of carbonyl (C=O) groups excluding carboxylic acids is 2. The van der Waals surface area contributed by atoms with Gasteiger partial charge in [-0.05, 0) is 61.9 Å². The van der Waals surface area contributed by atoms with Crippen molar-refractivity contribution >= 4 is 55.1 Å². The zero-order chi connectivity index (χ0) is 26.5. The topological polar surface area (TPSA) is 86.8 Å². The van der Waals surface area contributed by atoms with Crippen molar-refractivity contribution in [2.45, 2.75) is 31.3 Å². The molecule has 1 atom stereocenters. The van der Waals surface area contributed by atoms with E-state index >= 15 is 0 Å². The molecule has 0 aliphatic heterocycles. The molecule has 10 heteroatoms. The average Bonchev–Trinajstić information content (AvgIpc) is 2.85. The Hall–Kier alpha value is -2.88. The first-order valence-corrected chi connectivity index (χ1v) is 13.7. The normalized spacial score (nSPS) is 12.0. The van der Waals surface area contributed by atoms with Gasteiger partial charge in [-0.25, -0.2) is 8.42 Å². The van der Waals surface area contributed by atoms with Crippen molar-refractivity contribution in [1.82, 2.24) is 10.2 Å². The molecule has 0 unspecified atom stereocenters. The number of nitrogens with one attached hydrogen (secondary N) is 1. The predicted octanol–water partition coefficient (Wildman–Crippen LogP) is 4.77. The summed E-state index contributed by atoms with van der Waals surface area (Å²) in [6.45, 7) is 3.03. The predicted molar refractivity (Wildman–Crippen MR) is 145 cm³/mol. The van der Waals surface area contributed by atoms with Gasteiger partial charge in [-0.3, -0.25) is 13.9 Å². The van der Waals surface area contributed by atoms with Crippen molar-refractivity contribution in [3.05, 3.63) is 93.4 Å². The Morgan fingerprint density at radius 3 is 2.31 bits per heavy atom. The molecule has 3 aromatic carbocycles. The molecule has 2 amide bonds. The van der Waals surface area contributed by atoms with E-state index in [-0.39, 0.29) is 17.3 Å². The SMILES string of the molecule is CNC(=O)[C@H](C)N(Cc1cccc(Cl)c1)C(=O)CN(c1cccc(Br)c1)S(=O)(=O)c1ccc(C)cc1. The summed E-state index contributed by atoms with van der Waals surface area (Å²) in [5.41, 5.74) is 1.93. The lowest BCUT2D eigenvalue weighted by Crippen LogP contribution is -2.50. The summed E-state index contributed by atoms with van der Waals surface area (Å²) in [5, 5.41) is 3.05. The lowest BCUT2D eigenvalue weighted by atomic mass is 10.1. The van der Waals surface area contributed by atoms with Crippen LogP contribution in [0.1, 0.15) is 18.1 Å². The molecule has 0 bridgehead atoms. The molecule has 0 radical (unpaired) electrons. The van der Waals surface area contributed by atoms with Gasteiger partial charge in [0.25, 0.3) is 10.0 Å². The number of amides is 2. The summed E-state index contributed by atoms with van der Waals surface area (Å²) >= 11 is 9.50. The Kier molecular flexibility index (Phi) is 9.16. The van der Waals surface area contributed by atoms with Crippen LogP contribution in [-0.4, -0.2) is 44.8 Å². The van der Waals surface area contributed by atoms with Gasteiger partial charge in [0.2, 0.25) is 11.8 Å². The van der Waals surface area contributed by atoms with Crippen molar-refractivity contribution < 1.29 is 18.0 Å². The molecule has 0 aromatic heterocycles. The summed E-state index contributed by atoms with van der Waals surface area (Å²) in [5.74, 6) is -0.914. The highest BCUT2D eigenvalue weighted by Gasteiger charge is 2.32. The van der Waals surface area contributed by atoms with Crippen molar-refractivity contribution in [2.75, 3.05) is 17.9 Å². The van der Waals surface area contributed by atoms with E-state index in [2.05, 4.69) is 21.2 Å². The summed E-state index contributed by atoms with van der Waals surface area (Å²) in [6, 6.07) is 19.2. The Balaban J connectivity index is 2.03. The minimum Gasteiger partial charge on any atom is -0.357 e. The summed E-state index contributed by atoms with van der Waals surface area (Å²) in [4.78, 5) is 27.6. The van der Waals surface area contributed by atoms with Crippen molar-refractivity contribution in [1.29, 1.82) is 0 Å². The standard InChI is InChI=1S/C26H27BrClN3O4S/c1-18-10-12-24(13-11-18)36(34,35)31(23-9-5-7-21(27)15-23)17-25(32)30(19(2)26(33)29-3)16-20-6-4-8-22(28)14-20/h4-15,19H,16-17H2,1-3H3,(H,29,33)/t19-/m0/s1. The number of aryl methyl sites for hydroxylation is 1. The van der Waals surface area contributed by atoms with E-state index in [1.807, 2.05) is 6.92 Å². The Bertz CT molecular complexity index is 1350. The van der Waals surface area contributed by atoms with E-state index in [1.165, 1.54) is 24.1 Å². The fraction of sp³-hybridized carbons (Fsp3) is 0.231. The van der Waals surface area contributed by atoms with Crippen molar-refractivity contribution in [3.8, 4) is 0 Å². The molecule has 1 N–H and O–H groups in total. The first-order chi connectivity index (χ1) is 17.0. The van der Waals surface area contributed by atoms with E-state index in [1.54, 1.807) is 67.6 Å². The number of rotatable bonds is 9. The van der Waals surface area contributed by atoms with Crippen LogP contribution < -0.4 is 9.62 Å². The highest BCUT2D eigenvalue weighted by molar-refractivity contribution is 9.10. The highest BCUT2D eigenvalue weighted by atomic mass is 79.9. The number of halogens is 2. The molecule has 7 nitrogen and oxygen atoms in total.